The Morgan fingerprint density at radius 2 is 2.26 bits per heavy atom. The van der Waals surface area contributed by atoms with Crippen molar-refractivity contribution in [1.29, 1.82) is 0 Å². The van der Waals surface area contributed by atoms with E-state index in [-0.39, 0.29) is 11.4 Å². The van der Waals surface area contributed by atoms with Crippen LogP contribution in [0.3, 0.4) is 0 Å². The quantitative estimate of drug-likeness (QED) is 0.384. The summed E-state index contributed by atoms with van der Waals surface area (Å²) in [6, 6.07) is 4.49. The summed E-state index contributed by atoms with van der Waals surface area (Å²) in [4.78, 5) is 13.4. The molecule has 0 atom stereocenters. The maximum absolute atomic E-state index is 11.3. The Balaban J connectivity index is 3.21. The van der Waals surface area contributed by atoms with Crippen molar-refractivity contribution in [3.8, 4) is 5.75 Å². The van der Waals surface area contributed by atoms with Gasteiger partial charge in [-0.05, 0) is 30.2 Å². The molecule has 100 valence electrons. The summed E-state index contributed by atoms with van der Waals surface area (Å²) in [5, 5.41) is 2.41. The number of hydrogen-bond acceptors (Lipinski definition) is 4. The summed E-state index contributed by atoms with van der Waals surface area (Å²) in [6.07, 6.45) is 1.03. The number of rotatable bonds is 5. The van der Waals surface area contributed by atoms with Crippen LogP contribution >= 0.6 is 0 Å². The van der Waals surface area contributed by atoms with Crippen molar-refractivity contribution in [3.05, 3.63) is 46.9 Å². The lowest BCUT2D eigenvalue weighted by molar-refractivity contribution is -0.111. The van der Waals surface area contributed by atoms with E-state index < -0.39 is 16.2 Å². The normalized spacial score (nSPS) is 10.2. The third-order valence-corrected chi connectivity index (χ3v) is 2.66. The number of carbonyl (C=O) groups is 1. The van der Waals surface area contributed by atoms with Crippen LogP contribution in [0.25, 0.3) is 10.4 Å². The Labute approximate surface area is 109 Å². The van der Waals surface area contributed by atoms with Gasteiger partial charge in [0.05, 0.1) is 10.2 Å². The molecule has 0 fully saturated rings. The van der Waals surface area contributed by atoms with Gasteiger partial charge in [-0.3, -0.25) is 4.79 Å². The Kier molecular flexibility index (Phi) is 4.51. The van der Waals surface area contributed by atoms with Crippen LogP contribution in [0, 0.1) is 6.92 Å². The van der Waals surface area contributed by atoms with E-state index in [1.807, 2.05) is 0 Å². The molecule has 0 aliphatic rings. The van der Waals surface area contributed by atoms with Crippen molar-refractivity contribution in [1.82, 2.24) is 0 Å². The molecule has 1 amide bonds. The van der Waals surface area contributed by atoms with Crippen molar-refractivity contribution in [3.63, 3.8) is 0 Å². The molecule has 0 aromatic heterocycles. The molecule has 9 heteroatoms. The van der Waals surface area contributed by atoms with Crippen LogP contribution in [0.15, 0.2) is 35.4 Å². The number of nitrogens with zero attached hydrogens (tertiary/aromatic N) is 3. The number of aryl methyl sites for hydroxylation is 1. The van der Waals surface area contributed by atoms with E-state index >= 15 is 0 Å². The highest BCUT2D eigenvalue weighted by Crippen LogP contribution is 2.29. The number of amides is 1. The van der Waals surface area contributed by atoms with Gasteiger partial charge in [0.25, 0.3) is 0 Å². The Hall–Kier alpha value is -2.51. The van der Waals surface area contributed by atoms with Crippen LogP contribution in [0.2, 0.25) is 0 Å². The Morgan fingerprint density at radius 1 is 1.58 bits per heavy atom. The fourth-order valence-electron chi connectivity index (χ4n) is 1.22. The molecule has 1 aromatic carbocycles. The van der Waals surface area contributed by atoms with E-state index in [0.717, 1.165) is 6.08 Å². The van der Waals surface area contributed by atoms with Crippen molar-refractivity contribution in [2.75, 3.05) is 5.32 Å². The number of para-hydroxylation sites is 1. The summed E-state index contributed by atoms with van der Waals surface area (Å²) in [5.74, 6) is -0.678. The number of benzene rings is 1. The second-order valence-electron chi connectivity index (χ2n) is 3.32. The number of hydrogen-bond donors (Lipinski definition) is 1. The van der Waals surface area contributed by atoms with Crippen molar-refractivity contribution in [2.24, 2.45) is 4.52 Å². The van der Waals surface area contributed by atoms with Gasteiger partial charge in [0.15, 0.2) is 5.75 Å². The molecule has 1 rings (SSSR count). The molecule has 0 saturated carbocycles. The van der Waals surface area contributed by atoms with Crippen molar-refractivity contribution < 1.29 is 17.4 Å². The van der Waals surface area contributed by atoms with Gasteiger partial charge in [-0.2, -0.15) is 8.42 Å². The third kappa shape index (κ3) is 4.02. The summed E-state index contributed by atoms with van der Waals surface area (Å²) < 4.78 is 29.6. The first-order chi connectivity index (χ1) is 8.89. The summed E-state index contributed by atoms with van der Waals surface area (Å²) >= 11 is 0. The number of anilines is 1. The van der Waals surface area contributed by atoms with Crippen LogP contribution < -0.4 is 9.50 Å². The second-order valence-corrected chi connectivity index (χ2v) is 4.51. The van der Waals surface area contributed by atoms with Gasteiger partial charge in [0.2, 0.25) is 5.91 Å². The minimum Gasteiger partial charge on any atom is -0.374 e. The molecule has 0 aliphatic heterocycles. The number of carbonyl (C=O) groups excluding carboxylic acids is 1. The molecule has 0 radical (unpaired) electrons. The highest BCUT2D eigenvalue weighted by molar-refractivity contribution is 7.85. The van der Waals surface area contributed by atoms with Gasteiger partial charge in [0.1, 0.15) is 0 Å². The van der Waals surface area contributed by atoms with Gasteiger partial charge in [-0.15, -0.1) is 0 Å². The molecule has 0 heterocycles. The zero-order chi connectivity index (χ0) is 14.5. The predicted molar refractivity (Wildman–Crippen MR) is 68.7 cm³/mol. The van der Waals surface area contributed by atoms with Gasteiger partial charge in [0, 0.05) is 4.91 Å². The summed E-state index contributed by atoms with van der Waals surface area (Å²) in [7, 11) is -4.44. The highest BCUT2D eigenvalue weighted by atomic mass is 32.2. The van der Waals surface area contributed by atoms with Gasteiger partial charge in [-0.1, -0.05) is 18.7 Å². The predicted octanol–water partition coefficient (Wildman–Crippen LogP) is 2.05. The fraction of sp³-hybridized carbons (Fsp3) is 0.100. The largest absolute Gasteiger partial charge is 0.403 e. The molecule has 8 nitrogen and oxygen atoms in total. The SMILES string of the molecule is C=CC(=O)Nc1c(C)cccc1OS(=O)(=O)N=[N+]=[N-]. The van der Waals surface area contributed by atoms with E-state index in [1.165, 1.54) is 12.1 Å². The highest BCUT2D eigenvalue weighted by Gasteiger charge is 2.15. The molecular weight excluding hydrogens is 272 g/mol. The number of nitrogens with one attached hydrogen (secondary N) is 1. The molecule has 0 spiro atoms. The summed E-state index contributed by atoms with van der Waals surface area (Å²) in [6.45, 7) is 4.93. The molecule has 0 aliphatic carbocycles. The van der Waals surface area contributed by atoms with Crippen molar-refractivity contribution in [2.45, 2.75) is 6.92 Å². The van der Waals surface area contributed by atoms with E-state index in [2.05, 4.69) is 25.5 Å². The number of azide groups is 1. The summed E-state index contributed by atoms with van der Waals surface area (Å²) in [5.41, 5.74) is 8.83. The Morgan fingerprint density at radius 3 is 2.84 bits per heavy atom. The smallest absolute Gasteiger partial charge is 0.374 e. The fourth-order valence-corrected chi connectivity index (χ4v) is 1.71. The van der Waals surface area contributed by atoms with Crippen LogP contribution in [-0.4, -0.2) is 14.3 Å². The van der Waals surface area contributed by atoms with Gasteiger partial charge < -0.3 is 9.50 Å². The molecule has 0 saturated heterocycles. The van der Waals surface area contributed by atoms with E-state index in [0.29, 0.717) is 5.56 Å². The zero-order valence-corrected chi connectivity index (χ0v) is 10.7. The van der Waals surface area contributed by atoms with Crippen molar-refractivity contribution >= 4 is 21.9 Å². The minimum absolute atomic E-state index is 0.150. The second kappa shape index (κ2) is 5.89. The Bertz CT molecular complexity index is 662. The molecule has 1 N–H and O–H groups in total. The van der Waals surface area contributed by atoms with Crippen LogP contribution in [-0.2, 0) is 15.1 Å². The van der Waals surface area contributed by atoms with Gasteiger partial charge >= 0.3 is 10.3 Å². The molecular formula is C10H10N4O4S. The zero-order valence-electron chi connectivity index (χ0n) is 9.90. The maximum atomic E-state index is 11.3. The molecule has 1 aromatic rings. The molecule has 0 bridgehead atoms. The average molecular weight is 282 g/mol. The topological polar surface area (TPSA) is 121 Å². The van der Waals surface area contributed by atoms with E-state index in [1.54, 1.807) is 13.0 Å². The lowest BCUT2D eigenvalue weighted by Crippen LogP contribution is -2.12. The maximum Gasteiger partial charge on any atom is 0.403 e. The van der Waals surface area contributed by atoms with Crippen LogP contribution in [0.4, 0.5) is 5.69 Å². The molecule has 19 heavy (non-hydrogen) atoms. The van der Waals surface area contributed by atoms with Gasteiger partial charge in [-0.25, -0.2) is 0 Å². The first-order valence-corrected chi connectivity index (χ1v) is 6.30. The average Bonchev–Trinajstić information content (AvgIpc) is 2.32. The molecule has 0 unspecified atom stereocenters. The lowest BCUT2D eigenvalue weighted by atomic mass is 10.2. The van der Waals surface area contributed by atoms with Crippen LogP contribution in [0.1, 0.15) is 5.56 Å². The van der Waals surface area contributed by atoms with E-state index in [4.69, 9.17) is 5.53 Å². The van der Waals surface area contributed by atoms with Crippen LogP contribution in [0.5, 0.6) is 5.75 Å². The first-order valence-electron chi connectivity index (χ1n) is 4.93. The minimum atomic E-state index is -4.44. The third-order valence-electron chi connectivity index (χ3n) is 2.00. The van der Waals surface area contributed by atoms with E-state index in [9.17, 15) is 13.2 Å². The standard InChI is InChI=1S/C10H10N4O4S/c1-3-9(15)12-10-7(2)5-4-6-8(10)18-19(16,17)14-13-11/h3-6H,1H2,2H3,(H,12,15). The monoisotopic (exact) mass is 282 g/mol. The lowest BCUT2D eigenvalue weighted by Gasteiger charge is -2.11. The first kappa shape index (κ1) is 14.6.